The van der Waals surface area contributed by atoms with Crippen LogP contribution in [-0.4, -0.2) is 25.2 Å². The maximum Gasteiger partial charge on any atom is 0.331 e. The number of ketones is 1. The number of aromatic nitrogens is 3. The molecule has 0 spiro atoms. The Hall–Kier alpha value is -2.19. The highest BCUT2D eigenvalue weighted by atomic mass is 32.2. The number of fused-ring (bicyclic) bond motifs is 1. The second-order valence-electron chi connectivity index (χ2n) is 7.33. The van der Waals surface area contributed by atoms with Gasteiger partial charge in [0, 0.05) is 41.7 Å². The Morgan fingerprint density at radius 1 is 1.25 bits per heavy atom. The van der Waals surface area contributed by atoms with Crippen molar-refractivity contribution in [1.29, 1.82) is 0 Å². The van der Waals surface area contributed by atoms with Gasteiger partial charge in [0.15, 0.2) is 0 Å². The highest BCUT2D eigenvalue weighted by Crippen LogP contribution is 2.39. The fourth-order valence-corrected chi connectivity index (χ4v) is 5.42. The molecule has 0 saturated heterocycles. The van der Waals surface area contributed by atoms with Crippen molar-refractivity contribution in [3.63, 3.8) is 0 Å². The van der Waals surface area contributed by atoms with Gasteiger partial charge in [0.25, 0.3) is 5.56 Å². The van der Waals surface area contributed by atoms with Gasteiger partial charge in [-0.05, 0) is 18.1 Å². The lowest BCUT2D eigenvalue weighted by molar-refractivity contribution is 0.104. The molecule has 28 heavy (non-hydrogen) atoms. The van der Waals surface area contributed by atoms with E-state index in [0.717, 1.165) is 4.57 Å². The molecule has 148 valence electrons. The SMILES string of the molecule is CC(C)Cn1c(=O)n(C)c(=O)c2c(SC(C)C)c(C(=O)c3cccnc3)sc21. The maximum absolute atomic E-state index is 13.2. The van der Waals surface area contributed by atoms with Crippen LogP contribution in [0.2, 0.25) is 0 Å². The zero-order chi connectivity index (χ0) is 20.6. The first kappa shape index (κ1) is 20.5. The molecule has 0 fully saturated rings. The summed E-state index contributed by atoms with van der Waals surface area (Å²) in [6, 6.07) is 3.42. The van der Waals surface area contributed by atoms with Crippen molar-refractivity contribution in [1.82, 2.24) is 14.1 Å². The molecule has 3 aromatic rings. The number of thiophene rings is 1. The van der Waals surface area contributed by atoms with Crippen LogP contribution in [0.4, 0.5) is 0 Å². The Morgan fingerprint density at radius 2 is 1.96 bits per heavy atom. The third kappa shape index (κ3) is 3.71. The number of carbonyl (C=O) groups excluding carboxylic acids is 1. The first-order valence-electron chi connectivity index (χ1n) is 9.10. The topological polar surface area (TPSA) is 74.0 Å². The van der Waals surface area contributed by atoms with Crippen molar-refractivity contribution in [2.45, 2.75) is 44.4 Å². The molecule has 3 heterocycles. The van der Waals surface area contributed by atoms with Crippen LogP contribution in [0.5, 0.6) is 0 Å². The molecule has 3 aromatic heterocycles. The van der Waals surface area contributed by atoms with Crippen LogP contribution in [0.15, 0.2) is 39.0 Å². The molecule has 8 heteroatoms. The fourth-order valence-electron chi connectivity index (χ4n) is 2.96. The quantitative estimate of drug-likeness (QED) is 0.453. The van der Waals surface area contributed by atoms with Crippen molar-refractivity contribution in [2.24, 2.45) is 13.0 Å². The second-order valence-corrected chi connectivity index (χ2v) is 9.91. The first-order valence-corrected chi connectivity index (χ1v) is 10.8. The minimum absolute atomic E-state index is 0.174. The molecule has 0 aliphatic carbocycles. The van der Waals surface area contributed by atoms with Crippen molar-refractivity contribution < 1.29 is 4.79 Å². The van der Waals surface area contributed by atoms with Gasteiger partial charge in [-0.25, -0.2) is 4.79 Å². The summed E-state index contributed by atoms with van der Waals surface area (Å²) in [5, 5.41) is 0.632. The van der Waals surface area contributed by atoms with Gasteiger partial charge in [0.2, 0.25) is 5.78 Å². The van der Waals surface area contributed by atoms with Crippen molar-refractivity contribution in [3.8, 4) is 0 Å². The van der Waals surface area contributed by atoms with Crippen LogP contribution in [0.3, 0.4) is 0 Å². The molecule has 0 radical (unpaired) electrons. The molecular formula is C20H23N3O3S2. The summed E-state index contributed by atoms with van der Waals surface area (Å²) in [7, 11) is 1.49. The second kappa shape index (κ2) is 8.05. The van der Waals surface area contributed by atoms with E-state index in [-0.39, 0.29) is 28.2 Å². The summed E-state index contributed by atoms with van der Waals surface area (Å²) in [6.07, 6.45) is 3.14. The number of thioether (sulfide) groups is 1. The van der Waals surface area contributed by atoms with Crippen molar-refractivity contribution >= 4 is 39.1 Å². The molecule has 0 saturated carbocycles. The number of hydrogen-bond acceptors (Lipinski definition) is 6. The highest BCUT2D eigenvalue weighted by Gasteiger charge is 2.26. The average molecular weight is 418 g/mol. The molecule has 0 unspecified atom stereocenters. The first-order chi connectivity index (χ1) is 13.2. The van der Waals surface area contributed by atoms with E-state index in [1.54, 1.807) is 22.9 Å². The van der Waals surface area contributed by atoms with Gasteiger partial charge in [-0.15, -0.1) is 23.1 Å². The van der Waals surface area contributed by atoms with E-state index in [1.165, 1.54) is 36.3 Å². The minimum Gasteiger partial charge on any atom is -0.288 e. The summed E-state index contributed by atoms with van der Waals surface area (Å²) in [6.45, 7) is 8.55. The molecule has 0 atom stereocenters. The summed E-state index contributed by atoms with van der Waals surface area (Å²) in [4.78, 5) is 44.7. The number of carbonyl (C=O) groups is 1. The molecule has 3 rings (SSSR count). The van der Waals surface area contributed by atoms with E-state index in [2.05, 4.69) is 4.98 Å². The highest BCUT2D eigenvalue weighted by molar-refractivity contribution is 8.00. The summed E-state index contributed by atoms with van der Waals surface area (Å²) < 4.78 is 2.76. The Kier molecular flexibility index (Phi) is 5.90. The smallest absolute Gasteiger partial charge is 0.288 e. The Labute approximate surface area is 171 Å². The van der Waals surface area contributed by atoms with Gasteiger partial charge in [0.05, 0.1) is 10.3 Å². The Morgan fingerprint density at radius 3 is 2.54 bits per heavy atom. The van der Waals surface area contributed by atoms with E-state index < -0.39 is 0 Å². The molecule has 0 aliphatic rings. The van der Waals surface area contributed by atoms with Gasteiger partial charge in [-0.1, -0.05) is 27.7 Å². The lowest BCUT2D eigenvalue weighted by Gasteiger charge is -2.12. The van der Waals surface area contributed by atoms with Crippen LogP contribution in [0.1, 0.15) is 42.9 Å². The zero-order valence-corrected chi connectivity index (χ0v) is 18.2. The zero-order valence-electron chi connectivity index (χ0n) is 16.6. The van der Waals surface area contributed by atoms with Crippen LogP contribution < -0.4 is 11.2 Å². The van der Waals surface area contributed by atoms with Crippen molar-refractivity contribution in [2.75, 3.05) is 0 Å². The van der Waals surface area contributed by atoms with Gasteiger partial charge in [-0.2, -0.15) is 0 Å². The lowest BCUT2D eigenvalue weighted by atomic mass is 10.1. The monoisotopic (exact) mass is 417 g/mol. The predicted octanol–water partition coefficient (Wildman–Crippen LogP) is 3.54. The summed E-state index contributed by atoms with van der Waals surface area (Å²) >= 11 is 2.71. The molecular weight excluding hydrogens is 394 g/mol. The van der Waals surface area contributed by atoms with E-state index in [9.17, 15) is 14.4 Å². The number of nitrogens with zero attached hydrogens (tertiary/aromatic N) is 3. The average Bonchev–Trinajstić information content (AvgIpc) is 3.01. The minimum atomic E-state index is -0.357. The van der Waals surface area contributed by atoms with E-state index in [0.29, 0.717) is 32.1 Å². The third-order valence-corrected chi connectivity index (χ3v) is 6.61. The maximum atomic E-state index is 13.2. The van der Waals surface area contributed by atoms with Crippen molar-refractivity contribution in [3.05, 3.63) is 55.8 Å². The fraction of sp³-hybridized carbons (Fsp3) is 0.400. The third-order valence-electron chi connectivity index (χ3n) is 4.16. The van der Waals surface area contributed by atoms with Crippen LogP contribution >= 0.6 is 23.1 Å². The molecule has 0 aliphatic heterocycles. The van der Waals surface area contributed by atoms with Gasteiger partial charge < -0.3 is 0 Å². The number of pyridine rings is 1. The Balaban J connectivity index is 2.39. The van der Waals surface area contributed by atoms with Crippen LogP contribution in [0, 0.1) is 5.92 Å². The Bertz CT molecular complexity index is 1140. The lowest BCUT2D eigenvalue weighted by Crippen LogP contribution is -2.38. The molecule has 0 bridgehead atoms. The standard InChI is InChI=1S/C20H23N3O3S2/c1-11(2)10-23-19-14(18(25)22(5)20(23)26)16(27-12(3)4)17(28-19)15(24)13-7-6-8-21-9-13/h6-9,11-12H,10H2,1-5H3. The summed E-state index contributed by atoms with van der Waals surface area (Å²) in [5.41, 5.74) is -0.243. The predicted molar refractivity (Wildman–Crippen MR) is 115 cm³/mol. The van der Waals surface area contributed by atoms with E-state index >= 15 is 0 Å². The molecule has 0 amide bonds. The normalized spacial score (nSPS) is 11.7. The van der Waals surface area contributed by atoms with E-state index in [1.807, 2.05) is 27.7 Å². The van der Waals surface area contributed by atoms with Gasteiger partial charge >= 0.3 is 5.69 Å². The molecule has 0 N–H and O–H groups in total. The van der Waals surface area contributed by atoms with Gasteiger partial charge in [-0.3, -0.25) is 23.7 Å². The van der Waals surface area contributed by atoms with Crippen LogP contribution in [0.25, 0.3) is 10.2 Å². The largest absolute Gasteiger partial charge is 0.331 e. The summed E-state index contributed by atoms with van der Waals surface area (Å²) in [5.74, 6) is 0.0437. The van der Waals surface area contributed by atoms with Crippen LogP contribution in [-0.2, 0) is 13.6 Å². The molecule has 6 nitrogen and oxygen atoms in total. The number of rotatable bonds is 6. The number of hydrogen-bond donors (Lipinski definition) is 0. The van der Waals surface area contributed by atoms with E-state index in [4.69, 9.17) is 0 Å². The molecule has 0 aromatic carbocycles. The van der Waals surface area contributed by atoms with Gasteiger partial charge in [0.1, 0.15) is 4.83 Å².